The molecule has 1 atom stereocenters. The van der Waals surface area contributed by atoms with Gasteiger partial charge in [0.1, 0.15) is 6.61 Å². The highest BCUT2D eigenvalue weighted by Gasteiger charge is 2.22. The summed E-state index contributed by atoms with van der Waals surface area (Å²) in [6.07, 6.45) is 0.729. The molecule has 1 aromatic rings. The zero-order chi connectivity index (χ0) is 13.0. The highest BCUT2D eigenvalue weighted by atomic mass is 16.5. The van der Waals surface area contributed by atoms with E-state index in [1.165, 1.54) is 0 Å². The summed E-state index contributed by atoms with van der Waals surface area (Å²) in [6.45, 7) is 3.91. The fourth-order valence-electron chi connectivity index (χ4n) is 2.06. The molecule has 0 saturated carbocycles. The maximum atomic E-state index is 12.4. The van der Waals surface area contributed by atoms with E-state index in [2.05, 4.69) is 5.32 Å². The van der Waals surface area contributed by atoms with Gasteiger partial charge in [-0.25, -0.2) is 0 Å². The Morgan fingerprint density at radius 2 is 2.39 bits per heavy atom. The van der Waals surface area contributed by atoms with E-state index in [-0.39, 0.29) is 11.7 Å². The molecule has 1 unspecified atom stereocenters. The molecule has 0 spiro atoms. The molecule has 0 saturated heterocycles. The number of anilines is 1. The Labute approximate surface area is 107 Å². The Morgan fingerprint density at radius 3 is 3.17 bits per heavy atom. The van der Waals surface area contributed by atoms with Gasteiger partial charge < -0.3 is 14.8 Å². The van der Waals surface area contributed by atoms with Crippen molar-refractivity contribution in [1.29, 1.82) is 0 Å². The minimum Gasteiger partial charge on any atom is -0.489 e. The van der Waals surface area contributed by atoms with Gasteiger partial charge in [0.2, 0.25) is 0 Å². The monoisotopic (exact) mass is 249 g/mol. The Kier molecular flexibility index (Phi) is 4.20. The van der Waals surface area contributed by atoms with E-state index < -0.39 is 0 Å². The van der Waals surface area contributed by atoms with E-state index in [1.54, 1.807) is 7.11 Å². The second-order valence-electron chi connectivity index (χ2n) is 4.50. The van der Waals surface area contributed by atoms with Crippen LogP contribution in [0.2, 0.25) is 0 Å². The predicted molar refractivity (Wildman–Crippen MR) is 70.4 cm³/mol. The lowest BCUT2D eigenvalue weighted by molar-refractivity contribution is 0.0889. The smallest absolute Gasteiger partial charge is 0.169 e. The summed E-state index contributed by atoms with van der Waals surface area (Å²) >= 11 is 0. The summed E-state index contributed by atoms with van der Waals surface area (Å²) in [5, 5.41) is 3.24. The minimum absolute atomic E-state index is 0.0537. The number of rotatable bonds is 5. The molecule has 0 radical (unpaired) electrons. The Morgan fingerprint density at radius 1 is 1.56 bits per heavy atom. The normalized spacial score (nSPS) is 15.2. The molecule has 4 nitrogen and oxygen atoms in total. The largest absolute Gasteiger partial charge is 0.489 e. The van der Waals surface area contributed by atoms with Crippen molar-refractivity contribution in [3.05, 3.63) is 23.8 Å². The number of fused-ring (bicyclic) bond motifs is 1. The number of benzene rings is 1. The third kappa shape index (κ3) is 2.64. The molecule has 2 rings (SSSR count). The average molecular weight is 249 g/mol. The number of methoxy groups -OCH3 is 1. The van der Waals surface area contributed by atoms with Gasteiger partial charge in [0.15, 0.2) is 11.5 Å². The molecular formula is C14H19NO3. The molecule has 1 aliphatic rings. The second-order valence-corrected chi connectivity index (χ2v) is 4.50. The molecule has 0 amide bonds. The maximum Gasteiger partial charge on any atom is 0.169 e. The van der Waals surface area contributed by atoms with E-state index in [4.69, 9.17) is 9.47 Å². The number of nitrogens with one attached hydrogen (secondary N) is 1. The third-order valence-electron chi connectivity index (χ3n) is 3.15. The number of carbonyl (C=O) groups is 1. The lowest BCUT2D eigenvalue weighted by Crippen LogP contribution is -2.22. The Hall–Kier alpha value is -1.55. The zero-order valence-corrected chi connectivity index (χ0v) is 10.9. The van der Waals surface area contributed by atoms with Crippen LogP contribution in [0.1, 0.15) is 23.7 Å². The lowest BCUT2D eigenvalue weighted by atomic mass is 9.95. The van der Waals surface area contributed by atoms with Crippen LogP contribution in [0, 0.1) is 5.92 Å². The molecule has 1 aromatic carbocycles. The standard InChI is InChI=1S/C14H19NO3/c1-10(6-8-17-2)13(16)11-4-3-5-12-14(11)18-9-7-15-12/h3-5,10,15H,6-9H2,1-2H3. The van der Waals surface area contributed by atoms with Crippen molar-refractivity contribution in [2.24, 2.45) is 5.92 Å². The van der Waals surface area contributed by atoms with Crippen LogP contribution in [0.4, 0.5) is 5.69 Å². The fourth-order valence-corrected chi connectivity index (χ4v) is 2.06. The number of Topliss-reactive ketones (excluding diaryl/α,β-unsaturated/α-hetero) is 1. The van der Waals surface area contributed by atoms with Crippen LogP contribution in [0.25, 0.3) is 0 Å². The van der Waals surface area contributed by atoms with Crippen LogP contribution >= 0.6 is 0 Å². The van der Waals surface area contributed by atoms with Crippen LogP contribution in [0.15, 0.2) is 18.2 Å². The molecular weight excluding hydrogens is 230 g/mol. The lowest BCUT2D eigenvalue weighted by Gasteiger charge is -2.22. The molecule has 4 heteroatoms. The molecule has 98 valence electrons. The third-order valence-corrected chi connectivity index (χ3v) is 3.15. The summed E-state index contributed by atoms with van der Waals surface area (Å²) < 4.78 is 10.6. The number of ketones is 1. The highest BCUT2D eigenvalue weighted by molar-refractivity contribution is 6.01. The van der Waals surface area contributed by atoms with Gasteiger partial charge in [-0.3, -0.25) is 4.79 Å². The minimum atomic E-state index is -0.0537. The van der Waals surface area contributed by atoms with Crippen molar-refractivity contribution in [1.82, 2.24) is 0 Å². The molecule has 0 aromatic heterocycles. The summed E-state index contributed by atoms with van der Waals surface area (Å²) in [7, 11) is 1.65. The van der Waals surface area contributed by atoms with E-state index >= 15 is 0 Å². The van der Waals surface area contributed by atoms with Gasteiger partial charge in [-0.1, -0.05) is 13.0 Å². The van der Waals surface area contributed by atoms with Crippen LogP contribution in [-0.4, -0.2) is 32.7 Å². The molecule has 0 fully saturated rings. The molecule has 18 heavy (non-hydrogen) atoms. The summed E-state index contributed by atoms with van der Waals surface area (Å²) in [5.41, 5.74) is 1.58. The average Bonchev–Trinajstić information content (AvgIpc) is 2.43. The maximum absolute atomic E-state index is 12.4. The first-order chi connectivity index (χ1) is 8.74. The van der Waals surface area contributed by atoms with Crippen LogP contribution in [0.3, 0.4) is 0 Å². The van der Waals surface area contributed by atoms with Crippen LogP contribution in [-0.2, 0) is 4.74 Å². The summed E-state index contributed by atoms with van der Waals surface area (Å²) in [6, 6.07) is 5.65. The van der Waals surface area contributed by atoms with E-state index in [0.29, 0.717) is 24.5 Å². The summed E-state index contributed by atoms with van der Waals surface area (Å²) in [5.74, 6) is 0.757. The van der Waals surface area contributed by atoms with E-state index in [9.17, 15) is 4.79 Å². The first kappa shape index (κ1) is 12.9. The predicted octanol–water partition coefficient (Wildman–Crippen LogP) is 2.35. The van der Waals surface area contributed by atoms with Gasteiger partial charge in [-0.05, 0) is 18.6 Å². The number of para-hydroxylation sites is 1. The number of ether oxygens (including phenoxy) is 2. The van der Waals surface area contributed by atoms with Gasteiger partial charge in [0.25, 0.3) is 0 Å². The quantitative estimate of drug-likeness (QED) is 0.814. The zero-order valence-electron chi connectivity index (χ0n) is 10.9. The van der Waals surface area contributed by atoms with Crippen molar-refractivity contribution in [3.63, 3.8) is 0 Å². The Balaban J connectivity index is 2.19. The SMILES string of the molecule is COCCC(C)C(=O)c1cccc2c1OCCN2. The van der Waals surface area contributed by atoms with E-state index in [1.807, 2.05) is 25.1 Å². The van der Waals surface area contributed by atoms with Gasteiger partial charge >= 0.3 is 0 Å². The second kappa shape index (κ2) is 5.87. The van der Waals surface area contributed by atoms with E-state index in [0.717, 1.165) is 18.7 Å². The molecule has 1 N–H and O–H groups in total. The molecule has 0 bridgehead atoms. The van der Waals surface area contributed by atoms with Crippen molar-refractivity contribution in [2.45, 2.75) is 13.3 Å². The van der Waals surface area contributed by atoms with Crippen molar-refractivity contribution >= 4 is 11.5 Å². The summed E-state index contributed by atoms with van der Waals surface area (Å²) in [4.78, 5) is 12.4. The first-order valence-electron chi connectivity index (χ1n) is 6.27. The Bertz CT molecular complexity index is 431. The van der Waals surface area contributed by atoms with Crippen molar-refractivity contribution < 1.29 is 14.3 Å². The number of hydrogen-bond acceptors (Lipinski definition) is 4. The number of carbonyl (C=O) groups excluding carboxylic acids is 1. The number of hydrogen-bond donors (Lipinski definition) is 1. The van der Waals surface area contributed by atoms with Crippen LogP contribution in [0.5, 0.6) is 5.75 Å². The van der Waals surface area contributed by atoms with Gasteiger partial charge in [-0.15, -0.1) is 0 Å². The van der Waals surface area contributed by atoms with Gasteiger partial charge in [0, 0.05) is 26.2 Å². The topological polar surface area (TPSA) is 47.6 Å². The molecule has 1 aliphatic heterocycles. The highest BCUT2D eigenvalue weighted by Crippen LogP contribution is 2.32. The van der Waals surface area contributed by atoms with Gasteiger partial charge in [-0.2, -0.15) is 0 Å². The molecule has 1 heterocycles. The van der Waals surface area contributed by atoms with Crippen molar-refractivity contribution in [2.75, 3.05) is 32.2 Å². The fraction of sp³-hybridized carbons (Fsp3) is 0.500. The molecule has 0 aliphatic carbocycles. The van der Waals surface area contributed by atoms with Crippen LogP contribution < -0.4 is 10.1 Å². The van der Waals surface area contributed by atoms with Crippen molar-refractivity contribution in [3.8, 4) is 5.75 Å². The van der Waals surface area contributed by atoms with Gasteiger partial charge in [0.05, 0.1) is 11.3 Å². The first-order valence-corrected chi connectivity index (χ1v) is 6.27.